The van der Waals surface area contributed by atoms with E-state index in [-0.39, 0.29) is 30.1 Å². The van der Waals surface area contributed by atoms with E-state index in [4.69, 9.17) is 0 Å². The van der Waals surface area contributed by atoms with Crippen LogP contribution >= 0.6 is 0 Å². The van der Waals surface area contributed by atoms with Gasteiger partial charge in [0.2, 0.25) is 5.91 Å². The number of anilines is 2. The molecule has 2 aromatic carbocycles. The second-order valence-corrected chi connectivity index (χ2v) is 8.24. The fourth-order valence-corrected chi connectivity index (χ4v) is 4.11. The summed E-state index contributed by atoms with van der Waals surface area (Å²) in [5.74, 6) is -0.191. The molecule has 8 heteroatoms. The monoisotopic (exact) mass is 448 g/mol. The summed E-state index contributed by atoms with van der Waals surface area (Å²) in [5, 5.41) is 12.9. The number of nitrogens with one attached hydrogen (secondary N) is 1. The molecule has 0 saturated carbocycles. The molecule has 1 fully saturated rings. The van der Waals surface area contributed by atoms with Gasteiger partial charge in [0.1, 0.15) is 17.5 Å². The summed E-state index contributed by atoms with van der Waals surface area (Å²) >= 11 is 0. The van der Waals surface area contributed by atoms with Gasteiger partial charge in [0.25, 0.3) is 0 Å². The summed E-state index contributed by atoms with van der Waals surface area (Å²) in [6, 6.07) is 16.1. The van der Waals surface area contributed by atoms with Crippen molar-refractivity contribution >= 4 is 28.3 Å². The first-order valence-electron chi connectivity index (χ1n) is 10.7. The van der Waals surface area contributed by atoms with E-state index >= 15 is 0 Å². The number of carbonyl (C=O) groups excluding carboxylic acids is 1. The van der Waals surface area contributed by atoms with Crippen LogP contribution in [-0.4, -0.2) is 39.8 Å². The minimum Gasteiger partial charge on any atom is -0.389 e. The minimum absolute atomic E-state index is 0.0612. The molecular weight excluding hydrogens is 426 g/mol. The Balaban J connectivity index is 1.35. The Bertz CT molecular complexity index is 1310. The third kappa shape index (κ3) is 4.56. The predicted octanol–water partition coefficient (Wildman–Crippen LogP) is 3.72. The highest BCUT2D eigenvalue weighted by Crippen LogP contribution is 2.24. The summed E-state index contributed by atoms with van der Waals surface area (Å²) < 4.78 is 29.4. The Kier molecular flexibility index (Phi) is 5.51. The van der Waals surface area contributed by atoms with Gasteiger partial charge in [-0.05, 0) is 54.1 Å². The maximum Gasteiger partial charge on any atom is 0.230 e. The quantitative estimate of drug-likeness (QED) is 0.472. The van der Waals surface area contributed by atoms with Gasteiger partial charge in [-0.15, -0.1) is 0 Å². The highest BCUT2D eigenvalue weighted by atomic mass is 19.1. The van der Waals surface area contributed by atoms with Gasteiger partial charge >= 0.3 is 0 Å². The zero-order valence-corrected chi connectivity index (χ0v) is 17.7. The summed E-state index contributed by atoms with van der Waals surface area (Å²) in [7, 11) is 0. The van der Waals surface area contributed by atoms with Crippen LogP contribution in [-0.2, 0) is 17.8 Å². The number of benzene rings is 2. The number of aliphatic hydroxyl groups is 1. The number of rotatable bonds is 6. The first-order chi connectivity index (χ1) is 15.9. The van der Waals surface area contributed by atoms with E-state index in [1.165, 1.54) is 24.3 Å². The molecule has 3 heterocycles. The van der Waals surface area contributed by atoms with Gasteiger partial charge in [0.05, 0.1) is 24.4 Å². The Morgan fingerprint density at radius 2 is 1.88 bits per heavy atom. The molecule has 168 valence electrons. The van der Waals surface area contributed by atoms with Crippen LogP contribution in [0.2, 0.25) is 0 Å². The smallest absolute Gasteiger partial charge is 0.230 e. The van der Waals surface area contributed by atoms with Gasteiger partial charge < -0.3 is 19.9 Å². The Labute approximate surface area is 189 Å². The highest BCUT2D eigenvalue weighted by molar-refractivity contribution is 5.93. The van der Waals surface area contributed by atoms with Crippen molar-refractivity contribution in [2.75, 3.05) is 23.3 Å². The van der Waals surface area contributed by atoms with Gasteiger partial charge in [0.15, 0.2) is 0 Å². The lowest BCUT2D eigenvalue weighted by Gasteiger charge is -2.36. The molecule has 0 bridgehead atoms. The number of hydrogen-bond donors (Lipinski definition) is 2. The highest BCUT2D eigenvalue weighted by Gasteiger charge is 2.25. The van der Waals surface area contributed by atoms with Crippen LogP contribution in [0.3, 0.4) is 0 Å². The van der Waals surface area contributed by atoms with Crippen molar-refractivity contribution < 1.29 is 18.7 Å². The number of hydrogen-bond acceptors (Lipinski definition) is 4. The molecule has 0 atom stereocenters. The number of halogens is 2. The second kappa shape index (κ2) is 8.63. The van der Waals surface area contributed by atoms with Crippen molar-refractivity contribution in [3.63, 3.8) is 0 Å². The molecule has 33 heavy (non-hydrogen) atoms. The van der Waals surface area contributed by atoms with Crippen molar-refractivity contribution in [1.29, 1.82) is 0 Å². The van der Waals surface area contributed by atoms with Crippen LogP contribution in [0.1, 0.15) is 11.3 Å². The predicted molar refractivity (Wildman–Crippen MR) is 122 cm³/mol. The molecule has 5 rings (SSSR count). The minimum atomic E-state index is -0.359. The number of pyridine rings is 1. The largest absolute Gasteiger partial charge is 0.389 e. The lowest BCUT2D eigenvalue weighted by Crippen LogP contribution is -2.51. The molecule has 4 aromatic rings. The molecule has 2 N–H and O–H groups in total. The standard InChI is InChI=1S/C25H22F2N4O2/c26-18-3-1-2-16(8-18)13-31-21(10-17-9-19(27)4-6-23(17)31)11-25(33)29-20-5-7-24(28-12-20)30-14-22(32)15-30/h1-10,12,22,32H,11,13-15H2,(H,29,33). The van der Waals surface area contributed by atoms with Crippen LogP contribution in [0.5, 0.6) is 0 Å². The normalized spacial score (nSPS) is 13.8. The van der Waals surface area contributed by atoms with Crippen LogP contribution in [0.15, 0.2) is 66.9 Å². The molecular formula is C25H22F2N4O2. The number of nitrogens with zero attached hydrogens (tertiary/aromatic N) is 3. The Morgan fingerprint density at radius 3 is 2.61 bits per heavy atom. The van der Waals surface area contributed by atoms with E-state index < -0.39 is 0 Å². The zero-order valence-electron chi connectivity index (χ0n) is 17.7. The molecule has 0 spiro atoms. The average molecular weight is 448 g/mol. The first kappa shape index (κ1) is 21.1. The maximum absolute atomic E-state index is 13.8. The van der Waals surface area contributed by atoms with Gasteiger partial charge in [-0.1, -0.05) is 12.1 Å². The van der Waals surface area contributed by atoms with E-state index in [9.17, 15) is 18.7 Å². The van der Waals surface area contributed by atoms with Crippen molar-refractivity contribution in [2.45, 2.75) is 19.1 Å². The molecule has 0 aliphatic carbocycles. The molecule has 2 aromatic heterocycles. The van der Waals surface area contributed by atoms with E-state index in [1.54, 1.807) is 36.5 Å². The topological polar surface area (TPSA) is 70.4 Å². The van der Waals surface area contributed by atoms with Gasteiger partial charge in [-0.25, -0.2) is 13.8 Å². The Morgan fingerprint density at radius 1 is 1.06 bits per heavy atom. The summed E-state index contributed by atoms with van der Waals surface area (Å²) in [5.41, 5.74) is 2.76. The van der Waals surface area contributed by atoms with Crippen LogP contribution in [0.25, 0.3) is 10.9 Å². The van der Waals surface area contributed by atoms with E-state index in [0.717, 1.165) is 16.9 Å². The van der Waals surface area contributed by atoms with Crippen molar-refractivity contribution in [3.8, 4) is 0 Å². The average Bonchev–Trinajstić information content (AvgIpc) is 3.08. The van der Waals surface area contributed by atoms with Crippen molar-refractivity contribution in [3.05, 3.63) is 89.8 Å². The SMILES string of the molecule is O=C(Cc1cc2cc(F)ccc2n1Cc1cccc(F)c1)Nc1ccc(N2CC(O)C2)nc1. The number of aliphatic hydroxyl groups excluding tert-OH is 1. The number of β-amino-alcohol motifs (C(OH)–C–C–N with tert-alkyl or cyclic N) is 1. The third-order valence-electron chi connectivity index (χ3n) is 5.74. The number of amides is 1. The van der Waals surface area contributed by atoms with Crippen molar-refractivity contribution in [1.82, 2.24) is 9.55 Å². The summed E-state index contributed by atoms with van der Waals surface area (Å²) in [6.45, 7) is 1.46. The summed E-state index contributed by atoms with van der Waals surface area (Å²) in [6.07, 6.45) is 1.32. The first-order valence-corrected chi connectivity index (χ1v) is 10.7. The van der Waals surface area contributed by atoms with Crippen LogP contribution in [0.4, 0.5) is 20.3 Å². The van der Waals surface area contributed by atoms with Gasteiger partial charge in [-0.2, -0.15) is 0 Å². The lowest BCUT2D eigenvalue weighted by molar-refractivity contribution is -0.115. The third-order valence-corrected chi connectivity index (χ3v) is 5.74. The van der Waals surface area contributed by atoms with E-state index in [1.807, 2.05) is 15.5 Å². The van der Waals surface area contributed by atoms with E-state index in [2.05, 4.69) is 10.3 Å². The summed E-state index contributed by atoms with van der Waals surface area (Å²) in [4.78, 5) is 19.1. The molecule has 0 radical (unpaired) electrons. The molecule has 1 saturated heterocycles. The van der Waals surface area contributed by atoms with Crippen LogP contribution < -0.4 is 10.2 Å². The fraction of sp³-hybridized carbons (Fsp3) is 0.200. The van der Waals surface area contributed by atoms with Gasteiger partial charge in [0, 0.05) is 36.2 Å². The van der Waals surface area contributed by atoms with Crippen LogP contribution in [0, 0.1) is 11.6 Å². The molecule has 1 amide bonds. The number of fused-ring (bicyclic) bond motifs is 1. The van der Waals surface area contributed by atoms with Crippen molar-refractivity contribution in [2.24, 2.45) is 0 Å². The molecule has 1 aliphatic rings. The fourth-order valence-electron chi connectivity index (χ4n) is 4.11. The van der Waals surface area contributed by atoms with Gasteiger partial charge in [-0.3, -0.25) is 4.79 Å². The molecule has 6 nitrogen and oxygen atoms in total. The lowest BCUT2D eigenvalue weighted by atomic mass is 10.2. The number of carbonyl (C=O) groups is 1. The molecule has 0 unspecified atom stereocenters. The number of aromatic nitrogens is 2. The van der Waals surface area contributed by atoms with E-state index in [0.29, 0.717) is 36.4 Å². The zero-order chi connectivity index (χ0) is 22.9. The maximum atomic E-state index is 13.8. The molecule has 1 aliphatic heterocycles. The Hall–Kier alpha value is -3.78. The second-order valence-electron chi connectivity index (χ2n) is 8.24.